The lowest BCUT2D eigenvalue weighted by Crippen LogP contribution is -2.52. The van der Waals surface area contributed by atoms with E-state index in [9.17, 15) is 9.59 Å². The molecule has 2 aliphatic rings. The monoisotopic (exact) mass is 358 g/mol. The molecule has 1 saturated carbocycles. The fourth-order valence-electron chi connectivity index (χ4n) is 3.75. The summed E-state index contributed by atoms with van der Waals surface area (Å²) >= 11 is 0. The van der Waals surface area contributed by atoms with Gasteiger partial charge in [-0.3, -0.25) is 9.69 Å². The first-order valence-electron chi connectivity index (χ1n) is 9.79. The summed E-state index contributed by atoms with van der Waals surface area (Å²) in [7, 11) is 0. The Labute approximate surface area is 155 Å². The van der Waals surface area contributed by atoms with Crippen molar-refractivity contribution in [2.24, 2.45) is 0 Å². The summed E-state index contributed by atoms with van der Waals surface area (Å²) in [6.45, 7) is 4.18. The molecule has 2 fully saturated rings. The van der Waals surface area contributed by atoms with E-state index in [1.54, 1.807) is 0 Å². The first-order valence-corrected chi connectivity index (χ1v) is 9.79. The second-order valence-electron chi connectivity index (χ2n) is 7.30. The van der Waals surface area contributed by atoms with Gasteiger partial charge in [0.25, 0.3) is 0 Å². The molecule has 3 amide bonds. The number of nitrogens with one attached hydrogen (secondary N) is 2. The maximum Gasteiger partial charge on any atom is 0.315 e. The number of hydrogen-bond acceptors (Lipinski definition) is 3. The Kier molecular flexibility index (Phi) is 6.89. The smallest absolute Gasteiger partial charge is 0.315 e. The summed E-state index contributed by atoms with van der Waals surface area (Å²) in [5.41, 5.74) is 1.30. The molecule has 1 aliphatic carbocycles. The largest absolute Gasteiger partial charge is 0.339 e. The maximum atomic E-state index is 12.3. The van der Waals surface area contributed by atoms with Gasteiger partial charge in [0.05, 0.1) is 6.54 Å². The lowest BCUT2D eigenvalue weighted by atomic mass is 9.96. The average molecular weight is 358 g/mol. The van der Waals surface area contributed by atoms with Crippen LogP contribution in [0.1, 0.15) is 37.7 Å². The Balaban J connectivity index is 1.33. The van der Waals surface area contributed by atoms with Gasteiger partial charge in [-0.2, -0.15) is 0 Å². The Bertz CT molecular complexity index is 579. The fraction of sp³-hybridized carbons (Fsp3) is 0.600. The van der Waals surface area contributed by atoms with E-state index in [0.717, 1.165) is 45.6 Å². The number of amides is 3. The second kappa shape index (κ2) is 9.57. The summed E-state index contributed by atoms with van der Waals surface area (Å²) in [5, 5.41) is 5.71. The minimum absolute atomic E-state index is 0.00292. The van der Waals surface area contributed by atoms with Gasteiger partial charge >= 0.3 is 6.03 Å². The van der Waals surface area contributed by atoms with Crippen LogP contribution in [0.15, 0.2) is 30.3 Å². The van der Waals surface area contributed by atoms with E-state index in [-0.39, 0.29) is 24.5 Å². The van der Waals surface area contributed by atoms with E-state index in [4.69, 9.17) is 0 Å². The van der Waals surface area contributed by atoms with Crippen molar-refractivity contribution in [1.29, 1.82) is 0 Å². The SMILES string of the molecule is O=C(NCC(=O)N1CCN(Cc2ccccc2)CC1)NC1CCCCC1. The number of piperazine rings is 1. The number of urea groups is 1. The molecule has 0 bridgehead atoms. The molecule has 6 nitrogen and oxygen atoms in total. The van der Waals surface area contributed by atoms with Crippen molar-refractivity contribution in [3.63, 3.8) is 0 Å². The summed E-state index contributed by atoms with van der Waals surface area (Å²) in [5.74, 6) is 0.00292. The van der Waals surface area contributed by atoms with Crippen LogP contribution in [-0.2, 0) is 11.3 Å². The van der Waals surface area contributed by atoms with Gasteiger partial charge in [-0.05, 0) is 18.4 Å². The predicted molar refractivity (Wildman–Crippen MR) is 102 cm³/mol. The zero-order valence-electron chi connectivity index (χ0n) is 15.5. The highest BCUT2D eigenvalue weighted by atomic mass is 16.2. The number of rotatable bonds is 5. The van der Waals surface area contributed by atoms with Crippen molar-refractivity contribution in [3.8, 4) is 0 Å². The average Bonchev–Trinajstić information content (AvgIpc) is 2.68. The van der Waals surface area contributed by atoms with Gasteiger partial charge in [0.15, 0.2) is 0 Å². The van der Waals surface area contributed by atoms with Crippen molar-refractivity contribution in [2.45, 2.75) is 44.7 Å². The molecule has 2 N–H and O–H groups in total. The lowest BCUT2D eigenvalue weighted by Gasteiger charge is -2.34. The van der Waals surface area contributed by atoms with Crippen molar-refractivity contribution in [3.05, 3.63) is 35.9 Å². The zero-order chi connectivity index (χ0) is 18.2. The number of nitrogens with zero attached hydrogens (tertiary/aromatic N) is 2. The van der Waals surface area contributed by atoms with Crippen LogP contribution in [0.4, 0.5) is 4.79 Å². The van der Waals surface area contributed by atoms with E-state index in [1.165, 1.54) is 24.8 Å². The summed E-state index contributed by atoms with van der Waals surface area (Å²) < 4.78 is 0. The molecule has 1 aromatic carbocycles. The van der Waals surface area contributed by atoms with Gasteiger partial charge in [-0.25, -0.2) is 4.79 Å². The van der Waals surface area contributed by atoms with Crippen molar-refractivity contribution in [1.82, 2.24) is 20.4 Å². The molecule has 142 valence electrons. The number of carbonyl (C=O) groups is 2. The van der Waals surface area contributed by atoms with Crippen molar-refractivity contribution < 1.29 is 9.59 Å². The molecular weight excluding hydrogens is 328 g/mol. The fourth-order valence-corrected chi connectivity index (χ4v) is 3.75. The summed E-state index contributed by atoms with van der Waals surface area (Å²) in [6, 6.07) is 10.4. The molecule has 0 unspecified atom stereocenters. The van der Waals surface area contributed by atoms with Gasteiger partial charge < -0.3 is 15.5 Å². The Morgan fingerprint density at radius 3 is 2.35 bits per heavy atom. The minimum atomic E-state index is -0.215. The van der Waals surface area contributed by atoms with Gasteiger partial charge in [0.1, 0.15) is 0 Å². The van der Waals surface area contributed by atoms with Crippen LogP contribution in [0.2, 0.25) is 0 Å². The zero-order valence-corrected chi connectivity index (χ0v) is 15.5. The molecule has 0 aromatic heterocycles. The minimum Gasteiger partial charge on any atom is -0.339 e. The van der Waals surface area contributed by atoms with Crippen molar-refractivity contribution >= 4 is 11.9 Å². The Morgan fingerprint density at radius 1 is 0.962 bits per heavy atom. The van der Waals surface area contributed by atoms with E-state index in [2.05, 4.69) is 39.8 Å². The third kappa shape index (κ3) is 5.73. The quantitative estimate of drug-likeness (QED) is 0.846. The first-order chi connectivity index (χ1) is 12.7. The van der Waals surface area contributed by atoms with Gasteiger partial charge in [0.2, 0.25) is 5.91 Å². The van der Waals surface area contributed by atoms with Gasteiger partial charge in [-0.15, -0.1) is 0 Å². The third-order valence-electron chi connectivity index (χ3n) is 5.31. The maximum absolute atomic E-state index is 12.3. The van der Waals surface area contributed by atoms with E-state index >= 15 is 0 Å². The normalized spacial score (nSPS) is 19.2. The lowest BCUT2D eigenvalue weighted by molar-refractivity contribution is -0.131. The van der Waals surface area contributed by atoms with Crippen LogP contribution < -0.4 is 10.6 Å². The molecule has 26 heavy (non-hydrogen) atoms. The molecule has 1 heterocycles. The van der Waals surface area contributed by atoms with Crippen LogP contribution in [0.5, 0.6) is 0 Å². The van der Waals surface area contributed by atoms with Crippen LogP contribution in [0.3, 0.4) is 0 Å². The standard InChI is InChI=1S/C20H30N4O2/c25-19(15-21-20(26)22-18-9-5-2-6-10-18)24-13-11-23(12-14-24)16-17-7-3-1-4-8-17/h1,3-4,7-8,18H,2,5-6,9-16H2,(H2,21,22,26). The Morgan fingerprint density at radius 2 is 1.65 bits per heavy atom. The second-order valence-corrected chi connectivity index (χ2v) is 7.30. The van der Waals surface area contributed by atoms with Crippen LogP contribution in [0, 0.1) is 0 Å². The first kappa shape index (κ1) is 18.7. The van der Waals surface area contributed by atoms with Crippen LogP contribution >= 0.6 is 0 Å². The molecule has 1 aromatic rings. The highest BCUT2D eigenvalue weighted by molar-refractivity contribution is 5.84. The third-order valence-corrected chi connectivity index (χ3v) is 5.31. The molecule has 0 atom stereocenters. The highest BCUT2D eigenvalue weighted by Gasteiger charge is 2.22. The van der Waals surface area contributed by atoms with Gasteiger partial charge in [0, 0.05) is 38.8 Å². The van der Waals surface area contributed by atoms with Crippen LogP contribution in [-0.4, -0.2) is 60.5 Å². The number of benzene rings is 1. The molecule has 6 heteroatoms. The van der Waals surface area contributed by atoms with Gasteiger partial charge in [-0.1, -0.05) is 49.6 Å². The molecule has 3 rings (SSSR count). The van der Waals surface area contributed by atoms with Crippen LogP contribution in [0.25, 0.3) is 0 Å². The van der Waals surface area contributed by atoms with E-state index in [1.807, 2.05) is 11.0 Å². The molecule has 0 radical (unpaired) electrons. The number of carbonyl (C=O) groups excluding carboxylic acids is 2. The molecule has 1 aliphatic heterocycles. The highest BCUT2D eigenvalue weighted by Crippen LogP contribution is 2.17. The topological polar surface area (TPSA) is 64.7 Å². The molecular formula is C20H30N4O2. The van der Waals surface area contributed by atoms with E-state index in [0.29, 0.717) is 0 Å². The summed E-state index contributed by atoms with van der Waals surface area (Å²) in [6.07, 6.45) is 5.71. The molecule has 1 saturated heterocycles. The Hall–Kier alpha value is -2.08. The molecule has 0 spiro atoms. The van der Waals surface area contributed by atoms with Crippen molar-refractivity contribution in [2.75, 3.05) is 32.7 Å². The summed E-state index contributed by atoms with van der Waals surface area (Å²) in [4.78, 5) is 28.5. The van der Waals surface area contributed by atoms with E-state index < -0.39 is 0 Å². The number of hydrogen-bond donors (Lipinski definition) is 2. The predicted octanol–water partition coefficient (Wildman–Crippen LogP) is 1.96.